The predicted molar refractivity (Wildman–Crippen MR) is 190 cm³/mol. The summed E-state index contributed by atoms with van der Waals surface area (Å²) >= 11 is 0. The summed E-state index contributed by atoms with van der Waals surface area (Å²) in [6, 6.07) is 42.5. The Bertz CT molecular complexity index is 2050. The fourth-order valence-corrected chi connectivity index (χ4v) is 7.79. The van der Waals surface area contributed by atoms with E-state index in [1.165, 1.54) is 57.3 Å². The van der Waals surface area contributed by atoms with Gasteiger partial charge < -0.3 is 9.84 Å². The Morgan fingerprint density at radius 1 is 0.638 bits per heavy atom. The number of unbranched alkanes of at least 4 members (excludes halogenated alkanes) is 1. The lowest BCUT2D eigenvalue weighted by molar-refractivity contribution is 0.226. The Morgan fingerprint density at radius 2 is 1.21 bits per heavy atom. The van der Waals surface area contributed by atoms with Gasteiger partial charge in [-0.3, -0.25) is 0 Å². The maximum atomic E-state index is 10.8. The molecule has 0 fully saturated rings. The zero-order chi connectivity index (χ0) is 32.0. The maximum Gasteiger partial charge on any atom is 0.217 e. The van der Waals surface area contributed by atoms with Crippen molar-refractivity contribution in [2.24, 2.45) is 5.92 Å². The number of hydrogen-bond acceptors (Lipinski definition) is 4. The SMILES string of the molecule is CCCCC(CC)COc1cc(-c2ccc3c(c2)C2(c4ccccc4-c4ccccc42)c2ccccc2-3)nc(-c2ccccc2O)n1. The molecule has 47 heavy (non-hydrogen) atoms. The van der Waals surface area contributed by atoms with Gasteiger partial charge in [0.2, 0.25) is 5.88 Å². The molecule has 1 spiro atoms. The average Bonchev–Trinajstić information content (AvgIpc) is 3.59. The first kappa shape index (κ1) is 29.2. The third kappa shape index (κ3) is 4.66. The van der Waals surface area contributed by atoms with Crippen molar-refractivity contribution in [1.82, 2.24) is 9.97 Å². The molecule has 0 radical (unpaired) electrons. The van der Waals surface area contributed by atoms with E-state index in [1.54, 1.807) is 6.07 Å². The minimum absolute atomic E-state index is 0.146. The second kappa shape index (κ2) is 11.9. The maximum absolute atomic E-state index is 10.8. The molecule has 232 valence electrons. The van der Waals surface area contributed by atoms with E-state index < -0.39 is 5.41 Å². The quantitative estimate of drug-likeness (QED) is 0.176. The lowest BCUT2D eigenvalue weighted by Gasteiger charge is -2.30. The molecule has 1 aromatic heterocycles. The molecule has 0 saturated carbocycles. The third-order valence-electron chi connectivity index (χ3n) is 10.2. The molecule has 0 amide bonds. The average molecular weight is 615 g/mol. The minimum atomic E-state index is -0.435. The summed E-state index contributed by atoms with van der Waals surface area (Å²) in [5.74, 6) is 1.58. The summed E-state index contributed by atoms with van der Waals surface area (Å²) in [6.07, 6.45) is 4.55. The normalized spacial score (nSPS) is 13.9. The van der Waals surface area contributed by atoms with Gasteiger partial charge in [-0.25, -0.2) is 4.98 Å². The van der Waals surface area contributed by atoms with Crippen molar-refractivity contribution < 1.29 is 9.84 Å². The van der Waals surface area contributed by atoms with E-state index in [4.69, 9.17) is 14.7 Å². The third-order valence-corrected chi connectivity index (χ3v) is 10.2. The van der Waals surface area contributed by atoms with Gasteiger partial charge in [0.05, 0.1) is 23.3 Å². The number of aromatic hydroxyl groups is 1. The summed E-state index contributed by atoms with van der Waals surface area (Å²) in [4.78, 5) is 9.88. The molecule has 1 atom stereocenters. The van der Waals surface area contributed by atoms with E-state index >= 15 is 0 Å². The number of rotatable bonds is 9. The molecular formula is C43H38N2O2. The molecule has 4 nitrogen and oxygen atoms in total. The molecule has 2 aliphatic rings. The van der Waals surface area contributed by atoms with Crippen molar-refractivity contribution in [3.05, 3.63) is 144 Å². The molecule has 1 unspecified atom stereocenters. The monoisotopic (exact) mass is 614 g/mol. The van der Waals surface area contributed by atoms with E-state index in [0.29, 0.717) is 29.8 Å². The number of nitrogens with zero attached hydrogens (tertiary/aromatic N) is 2. The molecule has 0 aliphatic heterocycles. The Morgan fingerprint density at radius 3 is 1.81 bits per heavy atom. The van der Waals surface area contributed by atoms with Gasteiger partial charge in [-0.05, 0) is 75.0 Å². The number of phenolic OH excluding ortho intramolecular Hbond substituents is 1. The van der Waals surface area contributed by atoms with Crippen LogP contribution in [-0.2, 0) is 5.41 Å². The second-order valence-corrected chi connectivity index (χ2v) is 12.8. The van der Waals surface area contributed by atoms with Crippen LogP contribution in [0.4, 0.5) is 0 Å². The van der Waals surface area contributed by atoms with Gasteiger partial charge in [-0.15, -0.1) is 0 Å². The van der Waals surface area contributed by atoms with Crippen LogP contribution in [0.5, 0.6) is 11.6 Å². The Kier molecular flexibility index (Phi) is 7.37. The lowest BCUT2D eigenvalue weighted by Crippen LogP contribution is -2.25. The molecule has 2 aliphatic carbocycles. The number of fused-ring (bicyclic) bond motifs is 10. The first-order valence-electron chi connectivity index (χ1n) is 16.9. The first-order chi connectivity index (χ1) is 23.1. The zero-order valence-corrected chi connectivity index (χ0v) is 26.9. The summed E-state index contributed by atoms with van der Waals surface area (Å²) in [7, 11) is 0. The van der Waals surface area contributed by atoms with E-state index in [-0.39, 0.29) is 5.75 Å². The molecule has 8 rings (SSSR count). The van der Waals surface area contributed by atoms with Crippen LogP contribution in [0.1, 0.15) is 61.8 Å². The van der Waals surface area contributed by atoms with E-state index in [0.717, 1.165) is 24.1 Å². The van der Waals surface area contributed by atoms with Crippen molar-refractivity contribution in [3.63, 3.8) is 0 Å². The highest BCUT2D eigenvalue weighted by Crippen LogP contribution is 2.63. The van der Waals surface area contributed by atoms with Crippen LogP contribution >= 0.6 is 0 Å². The Balaban J connectivity index is 1.31. The summed E-state index contributed by atoms with van der Waals surface area (Å²) in [5.41, 5.74) is 12.2. The number of para-hydroxylation sites is 1. The van der Waals surface area contributed by atoms with Crippen LogP contribution in [0.15, 0.2) is 121 Å². The van der Waals surface area contributed by atoms with Gasteiger partial charge in [0, 0.05) is 11.6 Å². The van der Waals surface area contributed by atoms with E-state index in [2.05, 4.69) is 105 Å². The summed E-state index contributed by atoms with van der Waals surface area (Å²) in [6.45, 7) is 5.05. The molecule has 1 heterocycles. The number of hydrogen-bond donors (Lipinski definition) is 1. The molecule has 6 aromatic rings. The van der Waals surface area contributed by atoms with Crippen molar-refractivity contribution in [2.45, 2.75) is 44.9 Å². The van der Waals surface area contributed by atoms with Gasteiger partial charge in [0.15, 0.2) is 5.82 Å². The molecule has 4 heteroatoms. The first-order valence-corrected chi connectivity index (χ1v) is 16.9. The van der Waals surface area contributed by atoms with Gasteiger partial charge >= 0.3 is 0 Å². The number of benzene rings is 5. The Hall–Kier alpha value is -5.22. The number of aromatic nitrogens is 2. The topological polar surface area (TPSA) is 55.2 Å². The van der Waals surface area contributed by atoms with Crippen LogP contribution in [0.3, 0.4) is 0 Å². The molecule has 0 bridgehead atoms. The second-order valence-electron chi connectivity index (χ2n) is 12.8. The van der Waals surface area contributed by atoms with Crippen LogP contribution in [-0.4, -0.2) is 21.7 Å². The molecular weight excluding hydrogens is 576 g/mol. The Labute approximate surface area is 276 Å². The van der Waals surface area contributed by atoms with Crippen LogP contribution < -0.4 is 4.74 Å². The van der Waals surface area contributed by atoms with Crippen LogP contribution in [0.2, 0.25) is 0 Å². The van der Waals surface area contributed by atoms with Crippen molar-refractivity contribution >= 4 is 0 Å². The highest BCUT2D eigenvalue weighted by molar-refractivity contribution is 5.95. The van der Waals surface area contributed by atoms with E-state index in [1.807, 2.05) is 24.3 Å². The lowest BCUT2D eigenvalue weighted by atomic mass is 9.70. The van der Waals surface area contributed by atoms with Gasteiger partial charge in [0.1, 0.15) is 5.75 Å². The van der Waals surface area contributed by atoms with Gasteiger partial charge in [-0.2, -0.15) is 4.98 Å². The fraction of sp³-hybridized carbons (Fsp3) is 0.209. The van der Waals surface area contributed by atoms with E-state index in [9.17, 15) is 5.11 Å². The zero-order valence-electron chi connectivity index (χ0n) is 26.9. The molecule has 1 N–H and O–H groups in total. The predicted octanol–water partition coefficient (Wildman–Crippen LogP) is 10.5. The van der Waals surface area contributed by atoms with Crippen molar-refractivity contribution in [2.75, 3.05) is 6.61 Å². The fourth-order valence-electron chi connectivity index (χ4n) is 7.79. The largest absolute Gasteiger partial charge is 0.507 e. The highest BCUT2D eigenvalue weighted by Gasteiger charge is 2.51. The van der Waals surface area contributed by atoms with Crippen LogP contribution in [0.25, 0.3) is 44.9 Å². The highest BCUT2D eigenvalue weighted by atomic mass is 16.5. The molecule has 5 aromatic carbocycles. The van der Waals surface area contributed by atoms with Crippen molar-refractivity contribution in [1.29, 1.82) is 0 Å². The summed E-state index contributed by atoms with van der Waals surface area (Å²) in [5, 5.41) is 10.8. The standard InChI is InChI=1S/C43H38N2O2/c1-3-5-14-28(4-2)27-47-41-26-39(44-42(45-41)34-18-9-13-22-40(34)46)29-23-24-33-32-17-8-12-21-37(32)43(38(33)25-29)35-19-10-6-15-30(35)31-16-7-11-20-36(31)43/h6-13,15-26,28,46H,3-5,14,27H2,1-2H3. The summed E-state index contributed by atoms with van der Waals surface area (Å²) < 4.78 is 6.42. The van der Waals surface area contributed by atoms with Gasteiger partial charge in [0.25, 0.3) is 0 Å². The molecule has 0 saturated heterocycles. The number of phenols is 1. The number of ether oxygens (including phenoxy) is 1. The smallest absolute Gasteiger partial charge is 0.217 e. The van der Waals surface area contributed by atoms with Crippen LogP contribution in [0, 0.1) is 5.92 Å². The minimum Gasteiger partial charge on any atom is -0.507 e. The van der Waals surface area contributed by atoms with Gasteiger partial charge in [-0.1, -0.05) is 130 Å². The van der Waals surface area contributed by atoms with Crippen molar-refractivity contribution in [3.8, 4) is 56.5 Å².